The van der Waals surface area contributed by atoms with E-state index in [9.17, 15) is 9.59 Å². The lowest BCUT2D eigenvalue weighted by Gasteiger charge is -2.09. The molecule has 1 heterocycles. The molecular weight excluding hydrogens is 390 g/mol. The van der Waals surface area contributed by atoms with Gasteiger partial charge in [0.15, 0.2) is 11.3 Å². The number of rotatable bonds is 8. The summed E-state index contributed by atoms with van der Waals surface area (Å²) in [6, 6.07) is 11.0. The average molecular weight is 408 g/mol. The van der Waals surface area contributed by atoms with Crippen molar-refractivity contribution >= 4 is 33.9 Å². The first kappa shape index (κ1) is 18.8. The summed E-state index contributed by atoms with van der Waals surface area (Å²) in [5.41, 5.74) is 0.995. The Kier molecular flexibility index (Phi) is 7.28. The van der Waals surface area contributed by atoms with Gasteiger partial charge in [0.2, 0.25) is 0 Å². The van der Waals surface area contributed by atoms with Crippen LogP contribution < -0.4 is 10.1 Å². The van der Waals surface area contributed by atoms with Crippen LogP contribution in [0.3, 0.4) is 0 Å². The van der Waals surface area contributed by atoms with Crippen LogP contribution in [0.25, 0.3) is 6.08 Å². The lowest BCUT2D eigenvalue weighted by atomic mass is 10.1. The first-order chi connectivity index (χ1) is 12.1. The van der Waals surface area contributed by atoms with Crippen molar-refractivity contribution in [3.05, 3.63) is 58.5 Å². The van der Waals surface area contributed by atoms with Crippen LogP contribution in [-0.4, -0.2) is 32.1 Å². The minimum absolute atomic E-state index is 0.336. The second-order valence-electron chi connectivity index (χ2n) is 4.99. The summed E-state index contributed by atoms with van der Waals surface area (Å²) >= 11 is 3.16. The van der Waals surface area contributed by atoms with Crippen LogP contribution in [0.5, 0.6) is 5.75 Å². The zero-order chi connectivity index (χ0) is 18.1. The van der Waals surface area contributed by atoms with E-state index in [-0.39, 0.29) is 12.5 Å². The minimum Gasteiger partial charge on any atom is -0.496 e. The van der Waals surface area contributed by atoms with Gasteiger partial charge >= 0.3 is 5.97 Å². The number of carbonyl (C=O) groups excluding carboxylic acids is 2. The lowest BCUT2D eigenvalue weighted by molar-refractivity contribution is -0.143. The SMILES string of the molecule is COc1ccccc1CCNC(=O)COC(=O)/C=C/c1ccc(Br)o1. The van der Waals surface area contributed by atoms with E-state index in [1.165, 1.54) is 12.2 Å². The number of furan rings is 1. The Morgan fingerprint density at radius 3 is 2.76 bits per heavy atom. The molecule has 0 aliphatic heterocycles. The highest BCUT2D eigenvalue weighted by atomic mass is 79.9. The summed E-state index contributed by atoms with van der Waals surface area (Å²) < 4.78 is 15.9. The summed E-state index contributed by atoms with van der Waals surface area (Å²) in [7, 11) is 1.60. The van der Waals surface area contributed by atoms with Gasteiger partial charge in [0.1, 0.15) is 11.5 Å². The van der Waals surface area contributed by atoms with Gasteiger partial charge in [-0.25, -0.2) is 4.79 Å². The molecule has 7 heteroatoms. The van der Waals surface area contributed by atoms with Gasteiger partial charge in [-0.05, 0) is 52.2 Å². The van der Waals surface area contributed by atoms with Gasteiger partial charge in [0.25, 0.3) is 5.91 Å². The molecule has 25 heavy (non-hydrogen) atoms. The van der Waals surface area contributed by atoms with Gasteiger partial charge < -0.3 is 19.2 Å². The van der Waals surface area contributed by atoms with Crippen molar-refractivity contribution in [2.75, 3.05) is 20.3 Å². The van der Waals surface area contributed by atoms with Crippen LogP contribution >= 0.6 is 15.9 Å². The van der Waals surface area contributed by atoms with E-state index < -0.39 is 5.97 Å². The van der Waals surface area contributed by atoms with Gasteiger partial charge in [-0.3, -0.25) is 4.79 Å². The number of hydrogen-bond donors (Lipinski definition) is 1. The molecule has 0 fully saturated rings. The molecular formula is C18H18BrNO5. The second kappa shape index (κ2) is 9.68. The Morgan fingerprint density at radius 1 is 1.24 bits per heavy atom. The Balaban J connectivity index is 1.68. The number of ether oxygens (including phenoxy) is 2. The Labute approximate surface area is 153 Å². The maximum absolute atomic E-state index is 11.7. The van der Waals surface area contributed by atoms with Crippen molar-refractivity contribution in [2.24, 2.45) is 0 Å². The number of esters is 1. The Hall–Kier alpha value is -2.54. The van der Waals surface area contributed by atoms with E-state index in [0.29, 0.717) is 23.4 Å². The van der Waals surface area contributed by atoms with Crippen molar-refractivity contribution < 1.29 is 23.5 Å². The molecule has 2 rings (SSSR count). The molecule has 0 aliphatic carbocycles. The number of halogens is 1. The summed E-state index contributed by atoms with van der Waals surface area (Å²) in [5, 5.41) is 2.69. The number of para-hydroxylation sites is 1. The molecule has 132 valence electrons. The largest absolute Gasteiger partial charge is 0.496 e. The standard InChI is InChI=1S/C18H18BrNO5/c1-23-15-5-3-2-4-13(15)10-11-20-17(21)12-24-18(22)9-7-14-6-8-16(19)25-14/h2-9H,10-12H2,1H3,(H,20,21)/b9-7+. The maximum atomic E-state index is 11.7. The number of amides is 1. The first-order valence-electron chi connectivity index (χ1n) is 7.57. The molecule has 1 aromatic carbocycles. The maximum Gasteiger partial charge on any atom is 0.331 e. The van der Waals surface area contributed by atoms with Crippen LogP contribution in [0.1, 0.15) is 11.3 Å². The molecule has 0 bridgehead atoms. The van der Waals surface area contributed by atoms with Crippen LogP contribution in [0.2, 0.25) is 0 Å². The molecule has 0 saturated heterocycles. The number of nitrogens with one attached hydrogen (secondary N) is 1. The highest BCUT2D eigenvalue weighted by Gasteiger charge is 2.06. The molecule has 1 N–H and O–H groups in total. The molecule has 0 atom stereocenters. The van der Waals surface area contributed by atoms with E-state index in [4.69, 9.17) is 13.9 Å². The van der Waals surface area contributed by atoms with Gasteiger partial charge in [-0.1, -0.05) is 18.2 Å². The average Bonchev–Trinajstić information content (AvgIpc) is 3.04. The van der Waals surface area contributed by atoms with Gasteiger partial charge in [0.05, 0.1) is 7.11 Å². The second-order valence-corrected chi connectivity index (χ2v) is 5.78. The summed E-state index contributed by atoms with van der Waals surface area (Å²) in [4.78, 5) is 23.2. The first-order valence-corrected chi connectivity index (χ1v) is 8.36. The van der Waals surface area contributed by atoms with Crippen LogP contribution in [-0.2, 0) is 20.7 Å². The number of carbonyl (C=O) groups is 2. The van der Waals surface area contributed by atoms with E-state index >= 15 is 0 Å². The quantitative estimate of drug-likeness (QED) is 0.537. The van der Waals surface area contributed by atoms with Crippen LogP contribution in [0.15, 0.2) is 51.6 Å². The van der Waals surface area contributed by atoms with Crippen LogP contribution in [0.4, 0.5) is 0 Å². The van der Waals surface area contributed by atoms with Crippen molar-refractivity contribution in [2.45, 2.75) is 6.42 Å². The fourth-order valence-corrected chi connectivity index (χ4v) is 2.37. The summed E-state index contributed by atoms with van der Waals surface area (Å²) in [6.45, 7) is 0.0873. The smallest absolute Gasteiger partial charge is 0.331 e. The summed E-state index contributed by atoms with van der Waals surface area (Å²) in [6.07, 6.45) is 3.29. The predicted molar refractivity (Wildman–Crippen MR) is 96.1 cm³/mol. The van der Waals surface area contributed by atoms with Crippen molar-refractivity contribution in [3.63, 3.8) is 0 Å². The number of methoxy groups -OCH3 is 1. The fourth-order valence-electron chi connectivity index (χ4n) is 2.05. The Bertz CT molecular complexity index is 753. The van der Waals surface area contributed by atoms with Gasteiger partial charge in [0, 0.05) is 12.6 Å². The van der Waals surface area contributed by atoms with E-state index in [2.05, 4.69) is 21.2 Å². The highest BCUT2D eigenvalue weighted by Crippen LogP contribution is 2.17. The molecule has 0 saturated carbocycles. The fraction of sp³-hybridized carbons (Fsp3) is 0.222. The monoisotopic (exact) mass is 407 g/mol. The predicted octanol–water partition coefficient (Wildman–Crippen LogP) is 2.97. The molecule has 0 unspecified atom stereocenters. The van der Waals surface area contributed by atoms with Crippen LogP contribution in [0, 0.1) is 0 Å². The topological polar surface area (TPSA) is 77.8 Å². The molecule has 1 aromatic heterocycles. The van der Waals surface area contributed by atoms with Crippen molar-refractivity contribution in [1.29, 1.82) is 0 Å². The van der Waals surface area contributed by atoms with Gasteiger partial charge in [-0.15, -0.1) is 0 Å². The van der Waals surface area contributed by atoms with E-state index in [1.807, 2.05) is 24.3 Å². The molecule has 0 radical (unpaired) electrons. The molecule has 2 aromatic rings. The molecule has 0 aliphatic rings. The molecule has 1 amide bonds. The zero-order valence-corrected chi connectivity index (χ0v) is 15.2. The minimum atomic E-state index is -0.618. The number of benzene rings is 1. The lowest BCUT2D eigenvalue weighted by Crippen LogP contribution is -2.30. The van der Waals surface area contributed by atoms with E-state index in [0.717, 1.165) is 11.3 Å². The van der Waals surface area contributed by atoms with Gasteiger partial charge in [-0.2, -0.15) is 0 Å². The molecule has 6 nitrogen and oxygen atoms in total. The van der Waals surface area contributed by atoms with Crippen molar-refractivity contribution in [1.82, 2.24) is 5.32 Å². The molecule has 0 spiro atoms. The number of hydrogen-bond acceptors (Lipinski definition) is 5. The zero-order valence-electron chi connectivity index (χ0n) is 13.7. The van der Waals surface area contributed by atoms with E-state index in [1.54, 1.807) is 19.2 Å². The summed E-state index contributed by atoms with van der Waals surface area (Å²) in [5.74, 6) is 0.299. The third-order valence-electron chi connectivity index (χ3n) is 3.23. The normalized spacial score (nSPS) is 10.6. The third kappa shape index (κ3) is 6.46. The highest BCUT2D eigenvalue weighted by molar-refractivity contribution is 9.10. The Morgan fingerprint density at radius 2 is 2.04 bits per heavy atom. The third-order valence-corrected chi connectivity index (χ3v) is 3.66. The van der Waals surface area contributed by atoms with Crippen molar-refractivity contribution in [3.8, 4) is 5.75 Å².